The van der Waals surface area contributed by atoms with Crippen molar-refractivity contribution in [2.24, 2.45) is 0 Å². The molecule has 112 valence electrons. The number of nitrogens with zero attached hydrogens (tertiary/aromatic N) is 3. The zero-order valence-electron chi connectivity index (χ0n) is 11.9. The molecule has 1 unspecified atom stereocenters. The molecule has 3 heterocycles. The zero-order valence-corrected chi connectivity index (χ0v) is 13.5. The summed E-state index contributed by atoms with van der Waals surface area (Å²) in [6, 6.07) is 4.06. The molecule has 2 aromatic heterocycles. The number of aromatic nitrogens is 3. The summed E-state index contributed by atoms with van der Waals surface area (Å²) in [6.07, 6.45) is 3.04. The van der Waals surface area contributed by atoms with E-state index in [1.165, 1.54) is 11.8 Å². The maximum atomic E-state index is 12.1. The fourth-order valence-electron chi connectivity index (χ4n) is 2.40. The van der Waals surface area contributed by atoms with Crippen LogP contribution in [0.15, 0.2) is 22.7 Å². The molecule has 7 heteroatoms. The highest BCUT2D eigenvalue weighted by molar-refractivity contribution is 8.00. The molecule has 1 amide bonds. The Kier molecular flexibility index (Phi) is 4.60. The molecule has 0 aliphatic carbocycles. The van der Waals surface area contributed by atoms with Gasteiger partial charge in [-0.3, -0.25) is 4.79 Å². The smallest absolute Gasteiger partial charge is 0.233 e. The Hall–Kier alpha value is -1.34. The first kappa shape index (κ1) is 14.6. The van der Waals surface area contributed by atoms with E-state index in [4.69, 9.17) is 0 Å². The average molecular weight is 322 g/mol. The lowest BCUT2D eigenvalue weighted by atomic mass is 10.2. The monoisotopic (exact) mass is 322 g/mol. The number of hydrogen-bond acceptors (Lipinski definition) is 5. The Balaban J connectivity index is 1.84. The van der Waals surface area contributed by atoms with Gasteiger partial charge in [0.05, 0.1) is 10.1 Å². The van der Waals surface area contributed by atoms with Crippen molar-refractivity contribution >= 4 is 29.0 Å². The summed E-state index contributed by atoms with van der Waals surface area (Å²) in [5.74, 6) is 1.02. The van der Waals surface area contributed by atoms with Gasteiger partial charge < -0.3 is 9.88 Å². The standard InChI is InChI=1S/C14H18N4OS2/c1-2-18-12(10-7-5-9-20-10)16-17-14(18)21-11-6-3-4-8-15-13(11)19/h5,7,9,11H,2-4,6,8H2,1H3,(H,15,19). The molecule has 5 nitrogen and oxygen atoms in total. The Morgan fingerprint density at radius 3 is 3.14 bits per heavy atom. The normalized spacial score (nSPS) is 19.3. The van der Waals surface area contributed by atoms with E-state index in [0.29, 0.717) is 0 Å². The van der Waals surface area contributed by atoms with Gasteiger partial charge in [0.2, 0.25) is 5.91 Å². The lowest BCUT2D eigenvalue weighted by Crippen LogP contribution is -2.30. The Labute approximate surface area is 132 Å². The summed E-state index contributed by atoms with van der Waals surface area (Å²) < 4.78 is 2.09. The van der Waals surface area contributed by atoms with Crippen LogP contribution >= 0.6 is 23.1 Å². The number of thioether (sulfide) groups is 1. The number of rotatable bonds is 4. The van der Waals surface area contributed by atoms with Crippen LogP contribution in [-0.2, 0) is 11.3 Å². The minimum atomic E-state index is -0.0572. The van der Waals surface area contributed by atoms with Crippen molar-refractivity contribution in [1.29, 1.82) is 0 Å². The molecular formula is C14H18N4OS2. The van der Waals surface area contributed by atoms with Gasteiger partial charge in [-0.1, -0.05) is 24.2 Å². The number of nitrogens with one attached hydrogen (secondary N) is 1. The highest BCUT2D eigenvalue weighted by Gasteiger charge is 2.25. The Morgan fingerprint density at radius 1 is 1.48 bits per heavy atom. The van der Waals surface area contributed by atoms with Crippen LogP contribution in [-0.4, -0.2) is 32.5 Å². The van der Waals surface area contributed by atoms with Gasteiger partial charge in [0.1, 0.15) is 0 Å². The molecule has 1 N–H and O–H groups in total. The van der Waals surface area contributed by atoms with E-state index < -0.39 is 0 Å². The molecule has 3 rings (SSSR count). The number of thiophene rings is 1. The molecule has 1 aliphatic rings. The van der Waals surface area contributed by atoms with Gasteiger partial charge in [-0.25, -0.2) is 0 Å². The van der Waals surface area contributed by atoms with Crippen molar-refractivity contribution in [2.75, 3.05) is 6.54 Å². The second kappa shape index (κ2) is 6.62. The third-order valence-electron chi connectivity index (χ3n) is 3.51. The van der Waals surface area contributed by atoms with Gasteiger partial charge in [0.15, 0.2) is 11.0 Å². The highest BCUT2D eigenvalue weighted by atomic mass is 32.2. The van der Waals surface area contributed by atoms with Gasteiger partial charge in [0.25, 0.3) is 0 Å². The number of amides is 1. The summed E-state index contributed by atoms with van der Waals surface area (Å²) in [7, 11) is 0. The van der Waals surface area contributed by atoms with Crippen LogP contribution < -0.4 is 5.32 Å². The third kappa shape index (κ3) is 3.13. The molecule has 1 saturated heterocycles. The second-order valence-electron chi connectivity index (χ2n) is 4.92. The van der Waals surface area contributed by atoms with Gasteiger partial charge >= 0.3 is 0 Å². The third-order valence-corrected chi connectivity index (χ3v) is 5.62. The molecule has 1 aliphatic heterocycles. The van der Waals surface area contributed by atoms with E-state index in [1.807, 2.05) is 17.5 Å². The minimum absolute atomic E-state index is 0.0572. The fourth-order valence-corrected chi connectivity index (χ4v) is 4.28. The quantitative estimate of drug-likeness (QED) is 0.940. The Bertz CT molecular complexity index is 609. The van der Waals surface area contributed by atoms with Crippen LogP contribution in [0.1, 0.15) is 26.2 Å². The second-order valence-corrected chi connectivity index (χ2v) is 7.04. The molecule has 21 heavy (non-hydrogen) atoms. The fraction of sp³-hybridized carbons (Fsp3) is 0.500. The largest absolute Gasteiger partial charge is 0.355 e. The van der Waals surface area contributed by atoms with Crippen LogP contribution in [0.25, 0.3) is 10.7 Å². The maximum Gasteiger partial charge on any atom is 0.233 e. The van der Waals surface area contributed by atoms with Crippen molar-refractivity contribution in [3.8, 4) is 10.7 Å². The topological polar surface area (TPSA) is 59.8 Å². The van der Waals surface area contributed by atoms with E-state index in [2.05, 4.69) is 27.0 Å². The lowest BCUT2D eigenvalue weighted by molar-refractivity contribution is -0.120. The van der Waals surface area contributed by atoms with Crippen LogP contribution in [0, 0.1) is 0 Å². The zero-order chi connectivity index (χ0) is 14.7. The summed E-state index contributed by atoms with van der Waals surface area (Å²) in [6.45, 7) is 3.67. The predicted molar refractivity (Wildman–Crippen MR) is 85.5 cm³/mol. The summed E-state index contributed by atoms with van der Waals surface area (Å²) in [5, 5.41) is 14.4. The first-order valence-corrected chi connectivity index (χ1v) is 8.97. The van der Waals surface area contributed by atoms with Crippen LogP contribution in [0.2, 0.25) is 0 Å². The van der Waals surface area contributed by atoms with Gasteiger partial charge in [-0.2, -0.15) is 0 Å². The molecule has 2 aromatic rings. The van der Waals surface area contributed by atoms with Crippen molar-refractivity contribution in [3.05, 3.63) is 17.5 Å². The van der Waals surface area contributed by atoms with E-state index in [0.717, 1.165) is 48.2 Å². The molecule has 0 bridgehead atoms. The molecule has 1 fully saturated rings. The first-order chi connectivity index (χ1) is 10.3. The summed E-state index contributed by atoms with van der Waals surface area (Å²) in [5.41, 5.74) is 0. The van der Waals surface area contributed by atoms with Crippen LogP contribution in [0.3, 0.4) is 0 Å². The highest BCUT2D eigenvalue weighted by Crippen LogP contribution is 2.31. The molecule has 0 radical (unpaired) electrons. The molecule has 0 spiro atoms. The van der Waals surface area contributed by atoms with Crippen molar-refractivity contribution in [2.45, 2.75) is 43.1 Å². The minimum Gasteiger partial charge on any atom is -0.355 e. The first-order valence-electron chi connectivity index (χ1n) is 7.21. The van der Waals surface area contributed by atoms with Gasteiger partial charge in [-0.15, -0.1) is 21.5 Å². The molecule has 1 atom stereocenters. The van der Waals surface area contributed by atoms with E-state index in [-0.39, 0.29) is 11.2 Å². The van der Waals surface area contributed by atoms with Crippen molar-refractivity contribution < 1.29 is 4.79 Å². The number of carbonyl (C=O) groups is 1. The molecule has 0 aromatic carbocycles. The maximum absolute atomic E-state index is 12.1. The SMILES string of the molecule is CCn1c(SC2CCCCNC2=O)nnc1-c1cccs1. The van der Waals surface area contributed by atoms with Crippen molar-refractivity contribution in [3.63, 3.8) is 0 Å². The number of carbonyl (C=O) groups excluding carboxylic acids is 1. The van der Waals surface area contributed by atoms with Gasteiger partial charge in [0, 0.05) is 13.1 Å². The molecular weight excluding hydrogens is 304 g/mol. The number of hydrogen-bond donors (Lipinski definition) is 1. The van der Waals surface area contributed by atoms with Crippen LogP contribution in [0.4, 0.5) is 0 Å². The van der Waals surface area contributed by atoms with E-state index >= 15 is 0 Å². The van der Waals surface area contributed by atoms with Crippen LogP contribution in [0.5, 0.6) is 0 Å². The van der Waals surface area contributed by atoms with E-state index in [9.17, 15) is 4.79 Å². The van der Waals surface area contributed by atoms with Crippen molar-refractivity contribution in [1.82, 2.24) is 20.1 Å². The van der Waals surface area contributed by atoms with Gasteiger partial charge in [-0.05, 0) is 31.2 Å². The summed E-state index contributed by atoms with van der Waals surface area (Å²) >= 11 is 3.19. The summed E-state index contributed by atoms with van der Waals surface area (Å²) in [4.78, 5) is 13.2. The van der Waals surface area contributed by atoms with E-state index in [1.54, 1.807) is 11.3 Å². The molecule has 0 saturated carbocycles. The average Bonchev–Trinajstić information content (AvgIpc) is 3.09. The lowest BCUT2D eigenvalue weighted by Gasteiger charge is -2.12. The Morgan fingerprint density at radius 2 is 2.38 bits per heavy atom. The predicted octanol–water partition coefficient (Wildman–Crippen LogP) is 2.79.